The number of carbonyl (C=O) groups is 1. The average molecular weight is 343 g/mol. The number of carbonyl (C=O) groups excluding carboxylic acids is 1. The maximum absolute atomic E-state index is 12.7. The summed E-state index contributed by atoms with van der Waals surface area (Å²) >= 11 is 0. The highest BCUT2D eigenvalue weighted by molar-refractivity contribution is 6.08. The molecule has 2 aromatic heterocycles. The van der Waals surface area contributed by atoms with E-state index in [2.05, 4.69) is 4.98 Å². The van der Waals surface area contributed by atoms with E-state index in [4.69, 9.17) is 9.15 Å². The van der Waals surface area contributed by atoms with Gasteiger partial charge >= 0.3 is 0 Å². The molecule has 0 aliphatic carbocycles. The Morgan fingerprint density at radius 3 is 2.50 bits per heavy atom. The van der Waals surface area contributed by atoms with Crippen LogP contribution in [0.3, 0.4) is 0 Å². The van der Waals surface area contributed by atoms with E-state index >= 15 is 0 Å². The molecule has 0 saturated carbocycles. The zero-order valence-corrected chi connectivity index (χ0v) is 13.6. The smallest absolute Gasteiger partial charge is 0.218 e. The van der Waals surface area contributed by atoms with E-state index in [1.807, 2.05) is 30.3 Å². The first-order valence-corrected chi connectivity index (χ1v) is 7.96. The van der Waals surface area contributed by atoms with Gasteiger partial charge in [-0.3, -0.25) is 14.6 Å². The lowest BCUT2D eigenvalue weighted by atomic mass is 10.1. The van der Waals surface area contributed by atoms with Gasteiger partial charge in [0.05, 0.1) is 5.39 Å². The lowest BCUT2D eigenvalue weighted by Gasteiger charge is -2.06. The molecule has 0 atom stereocenters. The monoisotopic (exact) mass is 343 g/mol. The lowest BCUT2D eigenvalue weighted by molar-refractivity contribution is 0.103. The second kappa shape index (κ2) is 6.64. The van der Waals surface area contributed by atoms with Crippen LogP contribution in [0, 0.1) is 0 Å². The van der Waals surface area contributed by atoms with Crippen molar-refractivity contribution in [2.24, 2.45) is 0 Å². The Morgan fingerprint density at radius 1 is 0.923 bits per heavy atom. The molecule has 5 nitrogen and oxygen atoms in total. The molecule has 4 aromatic rings. The Kier molecular flexibility index (Phi) is 4.03. The highest BCUT2D eigenvalue weighted by Gasteiger charge is 2.17. The van der Waals surface area contributed by atoms with Crippen LogP contribution in [0.15, 0.2) is 88.4 Å². The Morgan fingerprint density at radius 2 is 1.73 bits per heavy atom. The predicted molar refractivity (Wildman–Crippen MR) is 96.7 cm³/mol. The van der Waals surface area contributed by atoms with E-state index in [0.717, 1.165) is 0 Å². The minimum Gasteiger partial charge on any atom is -0.463 e. The number of ether oxygens (including phenoxy) is 1. The predicted octanol–water partition coefficient (Wildman–Crippen LogP) is 4.21. The first-order valence-electron chi connectivity index (χ1n) is 7.96. The largest absolute Gasteiger partial charge is 0.463 e. The van der Waals surface area contributed by atoms with Gasteiger partial charge in [-0.15, -0.1) is 0 Å². The quantitative estimate of drug-likeness (QED) is 0.519. The zero-order chi connectivity index (χ0) is 17.9. The summed E-state index contributed by atoms with van der Waals surface area (Å²) in [6, 6.07) is 19.1. The van der Waals surface area contributed by atoms with Crippen LogP contribution >= 0.6 is 0 Å². The third-order valence-electron chi connectivity index (χ3n) is 3.87. The van der Waals surface area contributed by atoms with Crippen LogP contribution < -0.4 is 10.2 Å². The summed E-state index contributed by atoms with van der Waals surface area (Å²) in [7, 11) is 0. The molecule has 2 aromatic carbocycles. The SMILES string of the molecule is O=C(c1ccccn1)c1coc2cc(Oc3ccccc3)ccc2c1=O. The normalized spacial score (nSPS) is 10.6. The van der Waals surface area contributed by atoms with Crippen LogP contribution in [0.25, 0.3) is 11.0 Å². The van der Waals surface area contributed by atoms with Crippen molar-refractivity contribution >= 4 is 16.8 Å². The minimum atomic E-state index is -0.467. The van der Waals surface area contributed by atoms with Gasteiger partial charge in [-0.1, -0.05) is 24.3 Å². The van der Waals surface area contributed by atoms with Gasteiger partial charge in [-0.25, -0.2) is 0 Å². The van der Waals surface area contributed by atoms with Crippen LogP contribution in [0.2, 0.25) is 0 Å². The van der Waals surface area contributed by atoms with Gasteiger partial charge in [0, 0.05) is 12.3 Å². The van der Waals surface area contributed by atoms with E-state index in [-0.39, 0.29) is 11.3 Å². The first kappa shape index (κ1) is 15.8. The molecular weight excluding hydrogens is 330 g/mol. The van der Waals surface area contributed by atoms with Crippen molar-refractivity contribution < 1.29 is 13.9 Å². The molecule has 0 amide bonds. The molecular formula is C21H13NO4. The van der Waals surface area contributed by atoms with Crippen LogP contribution in [-0.2, 0) is 0 Å². The maximum Gasteiger partial charge on any atom is 0.218 e. The molecule has 5 heteroatoms. The fourth-order valence-electron chi connectivity index (χ4n) is 2.59. The van der Waals surface area contributed by atoms with Gasteiger partial charge in [0.25, 0.3) is 0 Å². The third kappa shape index (κ3) is 2.98. The Bertz CT molecular complexity index is 1130. The molecule has 0 bridgehead atoms. The van der Waals surface area contributed by atoms with E-state index in [1.54, 1.807) is 36.4 Å². The number of hydrogen-bond acceptors (Lipinski definition) is 5. The number of hydrogen-bond donors (Lipinski definition) is 0. The van der Waals surface area contributed by atoms with Gasteiger partial charge < -0.3 is 9.15 Å². The van der Waals surface area contributed by atoms with E-state index < -0.39 is 11.2 Å². The van der Waals surface area contributed by atoms with Crippen molar-refractivity contribution in [3.8, 4) is 11.5 Å². The molecule has 0 N–H and O–H groups in total. The fourth-order valence-corrected chi connectivity index (χ4v) is 2.59. The average Bonchev–Trinajstić information content (AvgIpc) is 2.69. The first-order chi connectivity index (χ1) is 12.7. The molecule has 0 saturated heterocycles. The van der Waals surface area contributed by atoms with Crippen LogP contribution in [-0.4, -0.2) is 10.8 Å². The van der Waals surface area contributed by atoms with Crippen molar-refractivity contribution in [2.45, 2.75) is 0 Å². The maximum atomic E-state index is 12.7. The van der Waals surface area contributed by atoms with E-state index in [0.29, 0.717) is 22.5 Å². The molecule has 0 radical (unpaired) electrons. The Hall–Kier alpha value is -3.73. The summed E-state index contributed by atoms with van der Waals surface area (Å²) in [6.07, 6.45) is 2.68. The second-order valence-electron chi connectivity index (χ2n) is 5.60. The van der Waals surface area contributed by atoms with Crippen LogP contribution in [0.4, 0.5) is 0 Å². The topological polar surface area (TPSA) is 69.4 Å². The molecule has 0 aliphatic rings. The highest BCUT2D eigenvalue weighted by Crippen LogP contribution is 2.24. The molecule has 0 fully saturated rings. The van der Waals surface area contributed by atoms with Crippen molar-refractivity contribution in [3.63, 3.8) is 0 Å². The Balaban J connectivity index is 1.72. The van der Waals surface area contributed by atoms with Gasteiger partial charge in [0.15, 0.2) is 0 Å². The fraction of sp³-hybridized carbons (Fsp3) is 0. The molecule has 0 unspecified atom stereocenters. The van der Waals surface area contributed by atoms with Gasteiger partial charge in [0.1, 0.15) is 34.6 Å². The summed E-state index contributed by atoms with van der Waals surface area (Å²) in [4.78, 5) is 29.1. The molecule has 26 heavy (non-hydrogen) atoms. The van der Waals surface area contributed by atoms with Crippen molar-refractivity contribution in [1.29, 1.82) is 0 Å². The zero-order valence-electron chi connectivity index (χ0n) is 13.6. The lowest BCUT2D eigenvalue weighted by Crippen LogP contribution is -2.16. The van der Waals surface area contributed by atoms with Crippen molar-refractivity contribution in [1.82, 2.24) is 4.98 Å². The number of aromatic nitrogens is 1. The van der Waals surface area contributed by atoms with Crippen LogP contribution in [0.1, 0.15) is 16.1 Å². The van der Waals surface area contributed by atoms with Gasteiger partial charge in [0.2, 0.25) is 11.2 Å². The number of rotatable bonds is 4. The third-order valence-corrected chi connectivity index (χ3v) is 3.87. The number of nitrogens with zero attached hydrogens (tertiary/aromatic N) is 1. The van der Waals surface area contributed by atoms with Crippen LogP contribution in [0.5, 0.6) is 11.5 Å². The number of para-hydroxylation sites is 1. The van der Waals surface area contributed by atoms with Gasteiger partial charge in [-0.2, -0.15) is 0 Å². The Labute approximate surface area is 148 Å². The number of pyridine rings is 1. The summed E-state index contributed by atoms with van der Waals surface area (Å²) in [5.41, 5.74) is 0.102. The summed E-state index contributed by atoms with van der Waals surface area (Å²) in [5.74, 6) is 0.748. The number of fused-ring (bicyclic) bond motifs is 1. The van der Waals surface area contributed by atoms with E-state index in [9.17, 15) is 9.59 Å². The molecule has 0 aliphatic heterocycles. The van der Waals surface area contributed by atoms with Crippen molar-refractivity contribution in [3.05, 3.63) is 101 Å². The van der Waals surface area contributed by atoms with Crippen molar-refractivity contribution in [2.75, 3.05) is 0 Å². The minimum absolute atomic E-state index is 0.0482. The molecule has 126 valence electrons. The summed E-state index contributed by atoms with van der Waals surface area (Å²) in [5, 5.41) is 0.312. The van der Waals surface area contributed by atoms with Gasteiger partial charge in [-0.05, 0) is 36.4 Å². The number of benzene rings is 2. The summed E-state index contributed by atoms with van der Waals surface area (Å²) < 4.78 is 11.3. The standard InChI is InChI=1S/C21H13NO4/c23-20-16-10-9-15(26-14-6-2-1-3-7-14)12-19(16)25-13-17(20)21(24)18-8-4-5-11-22-18/h1-13H. The summed E-state index contributed by atoms with van der Waals surface area (Å²) in [6.45, 7) is 0. The number of ketones is 1. The molecule has 2 heterocycles. The molecule has 0 spiro atoms. The second-order valence-corrected chi connectivity index (χ2v) is 5.60. The highest BCUT2D eigenvalue weighted by atomic mass is 16.5. The van der Waals surface area contributed by atoms with E-state index in [1.165, 1.54) is 12.5 Å². The molecule has 4 rings (SSSR count).